The summed E-state index contributed by atoms with van der Waals surface area (Å²) in [5, 5.41) is 28.4. The predicted octanol–water partition coefficient (Wildman–Crippen LogP) is 4.94. The molecule has 0 unspecified atom stereocenters. The summed E-state index contributed by atoms with van der Waals surface area (Å²) < 4.78 is 17.3. The number of aryl methyl sites for hydroxylation is 1. The maximum Gasteiger partial charge on any atom is 0.260 e. The van der Waals surface area contributed by atoms with E-state index in [4.69, 9.17) is 4.98 Å². The normalized spacial score (nSPS) is 17.2. The predicted molar refractivity (Wildman–Crippen MR) is 158 cm³/mol. The number of nitrogens with zero attached hydrogens (tertiary/aromatic N) is 7. The van der Waals surface area contributed by atoms with Crippen LogP contribution in [0.25, 0.3) is 22.5 Å². The van der Waals surface area contributed by atoms with Crippen molar-refractivity contribution in [2.45, 2.75) is 56.7 Å². The highest BCUT2D eigenvalue weighted by Crippen LogP contribution is 2.43. The number of carbonyl (C=O) groups is 1. The minimum Gasteiger partial charge on any atom is -0.389 e. The summed E-state index contributed by atoms with van der Waals surface area (Å²) in [6, 6.07) is 14.8. The molecule has 2 fully saturated rings. The molecule has 10 heteroatoms. The molecule has 2 aromatic carbocycles. The van der Waals surface area contributed by atoms with Crippen molar-refractivity contribution in [3.05, 3.63) is 82.6 Å². The Balaban J connectivity index is 1.24. The van der Waals surface area contributed by atoms with Gasteiger partial charge in [0.25, 0.3) is 5.91 Å². The van der Waals surface area contributed by atoms with E-state index in [1.54, 1.807) is 34.0 Å². The summed E-state index contributed by atoms with van der Waals surface area (Å²) in [5.41, 5.74) is 4.57. The summed E-state index contributed by atoms with van der Waals surface area (Å²) in [5.74, 6) is 0.705. The number of rotatable bonds is 8. The second-order valence-corrected chi connectivity index (χ2v) is 12.3. The molecule has 43 heavy (non-hydrogen) atoms. The number of nitriles is 1. The number of fused-ring (bicyclic) bond motifs is 1. The zero-order valence-corrected chi connectivity index (χ0v) is 24.2. The van der Waals surface area contributed by atoms with E-state index in [1.807, 2.05) is 37.2 Å². The molecule has 3 heterocycles. The molecule has 1 N–H and O–H groups in total. The van der Waals surface area contributed by atoms with Gasteiger partial charge in [0.15, 0.2) is 5.82 Å². The minimum absolute atomic E-state index is 0.0972. The second-order valence-electron chi connectivity index (χ2n) is 12.3. The first-order valence-electron chi connectivity index (χ1n) is 14.7. The number of halogens is 1. The first kappa shape index (κ1) is 27.4. The van der Waals surface area contributed by atoms with Gasteiger partial charge < -0.3 is 9.67 Å². The number of aromatic nitrogens is 4. The van der Waals surface area contributed by atoms with Gasteiger partial charge in [-0.05, 0) is 92.2 Å². The van der Waals surface area contributed by atoms with Gasteiger partial charge in [-0.25, -0.2) is 9.37 Å². The Bertz CT molecular complexity index is 1800. The molecule has 2 aliphatic carbocycles. The third-order valence-electron chi connectivity index (χ3n) is 8.86. The molecule has 218 valence electrons. The average molecular weight is 578 g/mol. The van der Waals surface area contributed by atoms with Crippen molar-refractivity contribution in [3.8, 4) is 28.6 Å². The van der Waals surface area contributed by atoms with E-state index in [9.17, 15) is 15.2 Å². The number of hydrogen-bond acceptors (Lipinski definition) is 7. The maximum absolute atomic E-state index is 15.5. The molecule has 4 aromatic rings. The first-order valence-corrected chi connectivity index (χ1v) is 14.7. The smallest absolute Gasteiger partial charge is 0.260 e. The van der Waals surface area contributed by atoms with Gasteiger partial charge >= 0.3 is 0 Å². The van der Waals surface area contributed by atoms with Crippen molar-refractivity contribution in [2.75, 3.05) is 18.5 Å². The summed E-state index contributed by atoms with van der Waals surface area (Å²) in [4.78, 5) is 22.2. The summed E-state index contributed by atoms with van der Waals surface area (Å²) in [6.45, 7) is 1.04. The van der Waals surface area contributed by atoms with Crippen LogP contribution in [0.3, 0.4) is 0 Å². The zero-order chi connectivity index (χ0) is 29.9. The molecule has 7 rings (SSSR count). The minimum atomic E-state index is -0.672. The van der Waals surface area contributed by atoms with E-state index in [0.29, 0.717) is 52.9 Å². The van der Waals surface area contributed by atoms with E-state index in [1.165, 1.54) is 6.07 Å². The SMILES string of the molecule is CN(Cc1cc(F)c2c(c1)C(=O)N(c1cc(-c3ccc(C#N)cc3-c3nncn3C)cc(C3CC3)n1)C2)CC1(O)CCC1. The fourth-order valence-electron chi connectivity index (χ4n) is 6.31. The fraction of sp³-hybridized carbons (Fsp3) is 0.364. The molecule has 0 saturated heterocycles. The van der Waals surface area contributed by atoms with Gasteiger partial charge in [-0.1, -0.05) is 6.07 Å². The van der Waals surface area contributed by atoms with E-state index in [-0.39, 0.29) is 12.5 Å². The van der Waals surface area contributed by atoms with Crippen molar-refractivity contribution in [2.24, 2.45) is 7.05 Å². The number of anilines is 1. The molecule has 2 saturated carbocycles. The standard InChI is InChI=1S/C33H32FN7O2/c1-39(18-33(43)8-3-9-33)16-21-11-26-27(28(34)12-21)17-41(32(26)42)30-14-23(13-29(37-30)22-5-6-22)24-7-4-20(15-35)10-25(24)31-38-36-19-40(31)2/h4,7,10-14,19,22,43H,3,5-6,8-9,16-18H2,1-2H3. The third-order valence-corrected chi connectivity index (χ3v) is 8.86. The Morgan fingerprint density at radius 2 is 1.95 bits per heavy atom. The Hall–Kier alpha value is -4.46. The molecule has 0 radical (unpaired) electrons. The van der Waals surface area contributed by atoms with Crippen LogP contribution in [0.2, 0.25) is 0 Å². The number of aliphatic hydroxyl groups is 1. The molecule has 1 amide bonds. The van der Waals surface area contributed by atoms with Gasteiger partial charge in [-0.2, -0.15) is 5.26 Å². The topological polar surface area (TPSA) is 111 Å². The molecule has 0 spiro atoms. The lowest BCUT2D eigenvalue weighted by atomic mass is 9.80. The Labute approximate surface area is 249 Å². The first-order chi connectivity index (χ1) is 20.7. The van der Waals surface area contributed by atoms with Crippen molar-refractivity contribution in [1.82, 2.24) is 24.6 Å². The van der Waals surface area contributed by atoms with Crippen LogP contribution in [0, 0.1) is 17.1 Å². The van der Waals surface area contributed by atoms with Crippen molar-refractivity contribution < 1.29 is 14.3 Å². The highest BCUT2D eigenvalue weighted by molar-refractivity contribution is 6.10. The molecule has 9 nitrogen and oxygen atoms in total. The van der Waals surface area contributed by atoms with Crippen LogP contribution in [0.5, 0.6) is 0 Å². The highest BCUT2D eigenvalue weighted by Gasteiger charge is 2.36. The second kappa shape index (κ2) is 10.4. The number of carbonyl (C=O) groups excluding carboxylic acids is 1. The summed E-state index contributed by atoms with van der Waals surface area (Å²) in [7, 11) is 3.75. The van der Waals surface area contributed by atoms with Crippen molar-refractivity contribution in [1.29, 1.82) is 5.26 Å². The molecular weight excluding hydrogens is 545 g/mol. The van der Waals surface area contributed by atoms with Crippen LogP contribution in [-0.4, -0.2) is 54.9 Å². The van der Waals surface area contributed by atoms with Crippen molar-refractivity contribution >= 4 is 11.7 Å². The van der Waals surface area contributed by atoms with Gasteiger partial charge in [0.05, 0.1) is 23.8 Å². The summed E-state index contributed by atoms with van der Waals surface area (Å²) >= 11 is 0. The number of amides is 1. The number of benzene rings is 2. The quantitative estimate of drug-likeness (QED) is 0.316. The van der Waals surface area contributed by atoms with E-state index < -0.39 is 11.4 Å². The van der Waals surface area contributed by atoms with Crippen molar-refractivity contribution in [3.63, 3.8) is 0 Å². The van der Waals surface area contributed by atoms with Crippen LogP contribution >= 0.6 is 0 Å². The molecule has 3 aliphatic rings. The lowest BCUT2D eigenvalue weighted by Crippen LogP contribution is -2.46. The Morgan fingerprint density at radius 1 is 1.14 bits per heavy atom. The van der Waals surface area contributed by atoms with E-state index >= 15 is 4.39 Å². The van der Waals surface area contributed by atoms with Crippen LogP contribution in [0.15, 0.2) is 48.8 Å². The number of hydrogen-bond donors (Lipinski definition) is 1. The van der Waals surface area contributed by atoms with Gasteiger partial charge in [0.1, 0.15) is 18.0 Å². The van der Waals surface area contributed by atoms with Gasteiger partial charge in [-0.3, -0.25) is 14.6 Å². The van der Waals surface area contributed by atoms with E-state index in [2.05, 4.69) is 16.3 Å². The molecular formula is C33H32FN7O2. The molecule has 1 aliphatic heterocycles. The Kier molecular flexibility index (Phi) is 6.60. The highest BCUT2D eigenvalue weighted by atomic mass is 19.1. The third kappa shape index (κ3) is 5.09. The van der Waals surface area contributed by atoms with Gasteiger partial charge in [0.2, 0.25) is 0 Å². The van der Waals surface area contributed by atoms with Crippen LogP contribution in [-0.2, 0) is 20.1 Å². The van der Waals surface area contributed by atoms with E-state index in [0.717, 1.165) is 54.5 Å². The van der Waals surface area contributed by atoms with Gasteiger partial charge in [-0.15, -0.1) is 10.2 Å². The Morgan fingerprint density at radius 3 is 2.63 bits per heavy atom. The lowest BCUT2D eigenvalue weighted by Gasteiger charge is -2.39. The van der Waals surface area contributed by atoms with Crippen LogP contribution in [0.1, 0.15) is 70.8 Å². The largest absolute Gasteiger partial charge is 0.389 e. The zero-order valence-electron chi connectivity index (χ0n) is 24.2. The average Bonchev–Trinajstić information content (AvgIpc) is 3.66. The fourth-order valence-corrected chi connectivity index (χ4v) is 6.31. The van der Waals surface area contributed by atoms with Crippen LogP contribution < -0.4 is 4.90 Å². The summed E-state index contributed by atoms with van der Waals surface area (Å²) in [6.07, 6.45) is 6.23. The maximum atomic E-state index is 15.5. The molecule has 0 atom stereocenters. The van der Waals surface area contributed by atoms with Crippen LogP contribution in [0.4, 0.5) is 10.2 Å². The number of pyridine rings is 1. The monoisotopic (exact) mass is 577 g/mol. The molecule has 2 aromatic heterocycles. The lowest BCUT2D eigenvalue weighted by molar-refractivity contribution is -0.0556. The molecule has 0 bridgehead atoms. The van der Waals surface area contributed by atoms with Gasteiger partial charge in [0, 0.05) is 48.4 Å². The number of likely N-dealkylation sites (N-methyl/N-ethyl adjacent to an activating group) is 1.